The van der Waals surface area contributed by atoms with Gasteiger partial charge in [-0.3, -0.25) is 9.69 Å². The zero-order chi connectivity index (χ0) is 17.1. The Hall–Kier alpha value is -2.18. The van der Waals surface area contributed by atoms with Crippen molar-refractivity contribution in [2.75, 3.05) is 26.3 Å². The molecule has 6 nitrogen and oxygen atoms in total. The molecule has 0 spiro atoms. The van der Waals surface area contributed by atoms with Gasteiger partial charge in [0, 0.05) is 56.6 Å². The van der Waals surface area contributed by atoms with Crippen molar-refractivity contribution in [1.29, 1.82) is 0 Å². The highest BCUT2D eigenvalue weighted by Gasteiger charge is 2.21. The SMILES string of the molecule is O=C(NC1CCc2nccn2C1)c1cccc(CN2CCOCC2)c1. The Morgan fingerprint density at radius 2 is 2.20 bits per heavy atom. The van der Waals surface area contributed by atoms with Gasteiger partial charge in [0.2, 0.25) is 0 Å². The second-order valence-electron chi connectivity index (χ2n) is 6.79. The van der Waals surface area contributed by atoms with Crippen LogP contribution in [0, 0.1) is 0 Å². The van der Waals surface area contributed by atoms with Gasteiger partial charge in [-0.2, -0.15) is 0 Å². The van der Waals surface area contributed by atoms with Crippen molar-refractivity contribution >= 4 is 5.91 Å². The molecule has 1 fully saturated rings. The van der Waals surface area contributed by atoms with E-state index >= 15 is 0 Å². The fourth-order valence-corrected chi connectivity index (χ4v) is 3.58. The first-order valence-electron chi connectivity index (χ1n) is 8.98. The van der Waals surface area contributed by atoms with Crippen LogP contribution in [0.2, 0.25) is 0 Å². The Balaban J connectivity index is 1.38. The Labute approximate surface area is 147 Å². The molecule has 0 saturated carbocycles. The third kappa shape index (κ3) is 3.91. The molecule has 6 heteroatoms. The first-order valence-corrected chi connectivity index (χ1v) is 8.98. The van der Waals surface area contributed by atoms with E-state index in [1.54, 1.807) is 0 Å². The molecular weight excluding hydrogens is 316 g/mol. The Kier molecular flexibility index (Phi) is 4.81. The smallest absolute Gasteiger partial charge is 0.251 e. The number of benzene rings is 1. The highest BCUT2D eigenvalue weighted by molar-refractivity contribution is 5.94. The van der Waals surface area contributed by atoms with Crippen LogP contribution in [0.25, 0.3) is 0 Å². The predicted octanol–water partition coefficient (Wildman–Crippen LogP) is 1.46. The molecule has 1 aromatic carbocycles. The molecule has 0 radical (unpaired) electrons. The zero-order valence-electron chi connectivity index (χ0n) is 14.4. The molecule has 3 heterocycles. The third-order valence-corrected chi connectivity index (χ3v) is 4.97. The number of morpholine rings is 1. The third-order valence-electron chi connectivity index (χ3n) is 4.97. The fourth-order valence-electron chi connectivity index (χ4n) is 3.58. The van der Waals surface area contributed by atoms with E-state index in [0.717, 1.165) is 63.6 Å². The van der Waals surface area contributed by atoms with E-state index in [-0.39, 0.29) is 11.9 Å². The first-order chi connectivity index (χ1) is 12.3. The summed E-state index contributed by atoms with van der Waals surface area (Å²) in [5.74, 6) is 1.12. The molecule has 0 aliphatic carbocycles. The maximum atomic E-state index is 12.6. The summed E-state index contributed by atoms with van der Waals surface area (Å²) in [4.78, 5) is 19.3. The number of hydrogen-bond donors (Lipinski definition) is 1. The molecule has 1 atom stereocenters. The standard InChI is InChI=1S/C19H24N4O2/c24-19(21-17-4-5-18-20-6-7-23(18)14-17)16-3-1-2-15(12-16)13-22-8-10-25-11-9-22/h1-3,6-7,12,17H,4-5,8-11,13-14H2,(H,21,24). The minimum Gasteiger partial charge on any atom is -0.379 e. The number of hydrogen-bond acceptors (Lipinski definition) is 4. The highest BCUT2D eigenvalue weighted by Crippen LogP contribution is 2.15. The molecule has 1 amide bonds. The summed E-state index contributed by atoms with van der Waals surface area (Å²) in [5.41, 5.74) is 1.91. The number of nitrogens with zero attached hydrogens (tertiary/aromatic N) is 3. The van der Waals surface area contributed by atoms with Crippen molar-refractivity contribution in [3.05, 3.63) is 53.6 Å². The normalized spacial score (nSPS) is 20.9. The summed E-state index contributed by atoms with van der Waals surface area (Å²) in [5, 5.41) is 3.18. The summed E-state index contributed by atoms with van der Waals surface area (Å²) >= 11 is 0. The van der Waals surface area contributed by atoms with Crippen LogP contribution in [-0.4, -0.2) is 52.7 Å². The highest BCUT2D eigenvalue weighted by atomic mass is 16.5. The average molecular weight is 340 g/mol. The summed E-state index contributed by atoms with van der Waals surface area (Å²) in [7, 11) is 0. The molecule has 1 unspecified atom stereocenters. The minimum atomic E-state index is 0.0115. The van der Waals surface area contributed by atoms with Crippen LogP contribution in [0.5, 0.6) is 0 Å². The van der Waals surface area contributed by atoms with Gasteiger partial charge >= 0.3 is 0 Å². The number of ether oxygens (including phenoxy) is 1. The van der Waals surface area contributed by atoms with Gasteiger partial charge in [0.05, 0.1) is 13.2 Å². The number of fused-ring (bicyclic) bond motifs is 1. The van der Waals surface area contributed by atoms with E-state index in [1.165, 1.54) is 5.56 Å². The molecule has 0 bridgehead atoms. The quantitative estimate of drug-likeness (QED) is 0.915. The van der Waals surface area contributed by atoms with Gasteiger partial charge in [-0.1, -0.05) is 12.1 Å². The molecule has 2 aliphatic rings. The maximum absolute atomic E-state index is 12.6. The lowest BCUT2D eigenvalue weighted by atomic mass is 10.1. The van der Waals surface area contributed by atoms with Crippen LogP contribution in [0.3, 0.4) is 0 Å². The number of nitrogens with one attached hydrogen (secondary N) is 1. The Morgan fingerprint density at radius 3 is 3.08 bits per heavy atom. The number of carbonyl (C=O) groups is 1. The van der Waals surface area contributed by atoms with E-state index in [9.17, 15) is 4.79 Å². The van der Waals surface area contributed by atoms with E-state index in [4.69, 9.17) is 4.74 Å². The minimum absolute atomic E-state index is 0.0115. The fraction of sp³-hybridized carbons (Fsp3) is 0.474. The van der Waals surface area contributed by atoms with Crippen molar-refractivity contribution in [1.82, 2.24) is 19.8 Å². The topological polar surface area (TPSA) is 59.4 Å². The molecule has 2 aromatic rings. The van der Waals surface area contributed by atoms with Gasteiger partial charge in [0.25, 0.3) is 5.91 Å². The molecule has 1 aromatic heterocycles. The maximum Gasteiger partial charge on any atom is 0.251 e. The van der Waals surface area contributed by atoms with Crippen LogP contribution in [0.1, 0.15) is 28.2 Å². The first kappa shape index (κ1) is 16.3. The molecular formula is C19H24N4O2. The zero-order valence-corrected chi connectivity index (χ0v) is 14.4. The van der Waals surface area contributed by atoms with Gasteiger partial charge in [-0.05, 0) is 24.1 Å². The van der Waals surface area contributed by atoms with Crippen LogP contribution in [0.4, 0.5) is 0 Å². The molecule has 132 valence electrons. The number of rotatable bonds is 4. The van der Waals surface area contributed by atoms with Crippen LogP contribution in [0.15, 0.2) is 36.7 Å². The van der Waals surface area contributed by atoms with E-state index < -0.39 is 0 Å². The van der Waals surface area contributed by atoms with Gasteiger partial charge in [0.1, 0.15) is 5.82 Å². The average Bonchev–Trinajstić information content (AvgIpc) is 3.10. The van der Waals surface area contributed by atoms with Crippen LogP contribution in [-0.2, 0) is 24.2 Å². The van der Waals surface area contributed by atoms with Crippen molar-refractivity contribution in [2.45, 2.75) is 32.0 Å². The number of amides is 1. The number of imidazole rings is 1. The second kappa shape index (κ2) is 7.37. The molecule has 1 saturated heterocycles. The number of carbonyl (C=O) groups excluding carboxylic acids is 1. The second-order valence-corrected chi connectivity index (χ2v) is 6.79. The van der Waals surface area contributed by atoms with Crippen molar-refractivity contribution < 1.29 is 9.53 Å². The van der Waals surface area contributed by atoms with Crippen molar-refractivity contribution in [3.63, 3.8) is 0 Å². The Bertz CT molecular complexity index is 737. The lowest BCUT2D eigenvalue weighted by Crippen LogP contribution is -2.41. The van der Waals surface area contributed by atoms with Crippen LogP contribution >= 0.6 is 0 Å². The van der Waals surface area contributed by atoms with Gasteiger partial charge in [-0.15, -0.1) is 0 Å². The molecule has 4 rings (SSSR count). The lowest BCUT2D eigenvalue weighted by molar-refractivity contribution is 0.0342. The number of aryl methyl sites for hydroxylation is 1. The van der Waals surface area contributed by atoms with Crippen molar-refractivity contribution in [3.8, 4) is 0 Å². The summed E-state index contributed by atoms with van der Waals surface area (Å²) in [6.07, 6.45) is 5.66. The summed E-state index contributed by atoms with van der Waals surface area (Å²) < 4.78 is 7.52. The number of aromatic nitrogens is 2. The van der Waals surface area contributed by atoms with E-state index in [1.807, 2.05) is 30.6 Å². The van der Waals surface area contributed by atoms with E-state index in [0.29, 0.717) is 0 Å². The Morgan fingerprint density at radius 1 is 1.32 bits per heavy atom. The predicted molar refractivity (Wildman–Crippen MR) is 94.3 cm³/mol. The van der Waals surface area contributed by atoms with Gasteiger partial charge in [0.15, 0.2) is 0 Å². The molecule has 25 heavy (non-hydrogen) atoms. The van der Waals surface area contributed by atoms with Gasteiger partial charge < -0.3 is 14.6 Å². The van der Waals surface area contributed by atoms with Gasteiger partial charge in [-0.25, -0.2) is 4.98 Å². The summed E-state index contributed by atoms with van der Waals surface area (Å²) in [6, 6.07) is 8.13. The lowest BCUT2D eigenvalue weighted by Gasteiger charge is -2.27. The summed E-state index contributed by atoms with van der Waals surface area (Å²) in [6.45, 7) is 5.15. The van der Waals surface area contributed by atoms with E-state index in [2.05, 4.69) is 25.8 Å². The molecule has 2 aliphatic heterocycles. The van der Waals surface area contributed by atoms with Crippen molar-refractivity contribution in [2.24, 2.45) is 0 Å². The monoisotopic (exact) mass is 340 g/mol. The largest absolute Gasteiger partial charge is 0.379 e. The van der Waals surface area contributed by atoms with Crippen LogP contribution < -0.4 is 5.32 Å². The molecule has 1 N–H and O–H groups in total.